The molecule has 0 unspecified atom stereocenters. The van der Waals surface area contributed by atoms with E-state index in [2.05, 4.69) is 15.9 Å². The van der Waals surface area contributed by atoms with Gasteiger partial charge in [0.1, 0.15) is 5.76 Å². The topological polar surface area (TPSA) is 20.2 Å². The fourth-order valence-corrected chi connectivity index (χ4v) is 1.23. The molecule has 0 bridgehead atoms. The second-order valence-corrected chi connectivity index (χ2v) is 3.16. The fourth-order valence-electron chi connectivity index (χ4n) is 0.515. The van der Waals surface area contributed by atoms with Gasteiger partial charge in [0, 0.05) is 0 Å². The molecule has 1 N–H and O–H groups in total. The summed E-state index contributed by atoms with van der Waals surface area (Å²) in [7, 11) is 0. The summed E-state index contributed by atoms with van der Waals surface area (Å²) in [5.74, 6) is 0.349. The number of hydrogen-bond acceptors (Lipinski definition) is 1. The highest BCUT2D eigenvalue weighted by Gasteiger charge is 1.98. The summed E-state index contributed by atoms with van der Waals surface area (Å²) in [6.07, 6.45) is 2.86. The van der Waals surface area contributed by atoms with Crippen molar-refractivity contribution < 1.29 is 5.11 Å². The molecule has 0 atom stereocenters. The lowest BCUT2D eigenvalue weighted by molar-refractivity contribution is 0.423. The number of halogens is 1. The van der Waals surface area contributed by atoms with Gasteiger partial charge in [-0.2, -0.15) is 0 Å². The van der Waals surface area contributed by atoms with Gasteiger partial charge in [0.05, 0.1) is 4.48 Å². The van der Waals surface area contributed by atoms with Crippen molar-refractivity contribution in [3.8, 4) is 0 Å². The number of aliphatic hydroxyl groups is 1. The number of aliphatic hydroxyl groups excluding tert-OH is 1. The normalized spacial score (nSPS) is 11.4. The van der Waals surface area contributed by atoms with Crippen LogP contribution in [0.1, 0.15) is 27.2 Å². The highest BCUT2D eigenvalue weighted by atomic mass is 79.9. The molecule has 0 saturated heterocycles. The molecular weight excluding hydrogens is 192 g/mol. The van der Waals surface area contributed by atoms with E-state index in [0.29, 0.717) is 5.76 Å². The second kappa shape index (κ2) is 4.56. The summed E-state index contributed by atoms with van der Waals surface area (Å²) >= 11 is 3.26. The molecule has 0 aromatic carbocycles. The van der Waals surface area contributed by atoms with E-state index in [1.807, 2.05) is 26.8 Å². The van der Waals surface area contributed by atoms with Gasteiger partial charge >= 0.3 is 0 Å². The van der Waals surface area contributed by atoms with E-state index in [4.69, 9.17) is 0 Å². The lowest BCUT2D eigenvalue weighted by Crippen LogP contribution is -1.83. The monoisotopic (exact) mass is 204 g/mol. The van der Waals surface area contributed by atoms with E-state index in [-0.39, 0.29) is 0 Å². The Morgan fingerprint density at radius 2 is 2.00 bits per heavy atom. The van der Waals surface area contributed by atoms with Crippen LogP contribution in [0.2, 0.25) is 0 Å². The van der Waals surface area contributed by atoms with Crippen molar-refractivity contribution in [1.29, 1.82) is 0 Å². The van der Waals surface area contributed by atoms with Crippen molar-refractivity contribution in [2.75, 3.05) is 0 Å². The molecule has 0 spiro atoms. The van der Waals surface area contributed by atoms with E-state index in [1.54, 1.807) is 0 Å². The number of rotatable bonds is 2. The molecule has 0 radical (unpaired) electrons. The molecule has 58 valence electrons. The SMILES string of the molecule is CC/C=C(/Br)C(O)=C(C)C. The van der Waals surface area contributed by atoms with Gasteiger partial charge in [-0.1, -0.05) is 13.0 Å². The third kappa shape index (κ3) is 3.06. The molecule has 0 saturated carbocycles. The Morgan fingerprint density at radius 3 is 2.30 bits per heavy atom. The first-order valence-corrected chi connectivity index (χ1v) is 4.11. The zero-order valence-electron chi connectivity index (χ0n) is 6.61. The third-order valence-electron chi connectivity index (χ3n) is 1.08. The summed E-state index contributed by atoms with van der Waals surface area (Å²) < 4.78 is 0.787. The maximum atomic E-state index is 9.29. The zero-order valence-corrected chi connectivity index (χ0v) is 8.20. The fraction of sp³-hybridized carbons (Fsp3) is 0.500. The minimum Gasteiger partial charge on any atom is -0.507 e. The first-order chi connectivity index (χ1) is 4.59. The standard InChI is InChI=1S/C8H13BrO/c1-4-5-7(9)8(10)6(2)3/h5,10H,4H2,1-3H3/b7-5+. The van der Waals surface area contributed by atoms with Crippen LogP contribution in [-0.2, 0) is 0 Å². The van der Waals surface area contributed by atoms with Crippen molar-refractivity contribution >= 4 is 15.9 Å². The minimum atomic E-state index is 0.349. The Bertz CT molecular complexity index is 164. The second-order valence-electron chi connectivity index (χ2n) is 2.31. The van der Waals surface area contributed by atoms with Crippen LogP contribution in [0.3, 0.4) is 0 Å². The van der Waals surface area contributed by atoms with Crippen LogP contribution in [0, 0.1) is 0 Å². The van der Waals surface area contributed by atoms with Gasteiger partial charge in [-0.05, 0) is 41.8 Å². The molecule has 0 aromatic heterocycles. The van der Waals surface area contributed by atoms with Gasteiger partial charge in [0.2, 0.25) is 0 Å². The summed E-state index contributed by atoms with van der Waals surface area (Å²) in [4.78, 5) is 0. The largest absolute Gasteiger partial charge is 0.507 e. The molecule has 10 heavy (non-hydrogen) atoms. The van der Waals surface area contributed by atoms with Gasteiger partial charge in [-0.3, -0.25) is 0 Å². The predicted molar refractivity (Wildman–Crippen MR) is 48.3 cm³/mol. The van der Waals surface area contributed by atoms with Gasteiger partial charge in [-0.15, -0.1) is 0 Å². The quantitative estimate of drug-likeness (QED) is 0.540. The summed E-state index contributed by atoms with van der Waals surface area (Å²) in [6.45, 7) is 5.78. The van der Waals surface area contributed by atoms with Crippen molar-refractivity contribution in [2.24, 2.45) is 0 Å². The molecule has 0 aliphatic heterocycles. The Morgan fingerprint density at radius 1 is 1.50 bits per heavy atom. The van der Waals surface area contributed by atoms with Crippen molar-refractivity contribution in [2.45, 2.75) is 27.2 Å². The zero-order chi connectivity index (χ0) is 8.15. The van der Waals surface area contributed by atoms with Crippen LogP contribution in [0.15, 0.2) is 21.9 Å². The van der Waals surface area contributed by atoms with Crippen LogP contribution < -0.4 is 0 Å². The highest BCUT2D eigenvalue weighted by Crippen LogP contribution is 2.17. The molecule has 0 aliphatic carbocycles. The number of hydrogen-bond donors (Lipinski definition) is 1. The molecule has 0 aliphatic rings. The van der Waals surface area contributed by atoms with Crippen molar-refractivity contribution in [1.82, 2.24) is 0 Å². The van der Waals surface area contributed by atoms with Crippen molar-refractivity contribution in [3.05, 3.63) is 21.9 Å². The molecule has 0 aromatic rings. The molecule has 0 rings (SSSR count). The van der Waals surface area contributed by atoms with Gasteiger partial charge in [0.15, 0.2) is 0 Å². The lowest BCUT2D eigenvalue weighted by Gasteiger charge is -1.98. The van der Waals surface area contributed by atoms with Crippen LogP contribution in [0.5, 0.6) is 0 Å². The third-order valence-corrected chi connectivity index (χ3v) is 1.78. The van der Waals surface area contributed by atoms with E-state index < -0.39 is 0 Å². The first-order valence-electron chi connectivity index (χ1n) is 3.32. The Labute approximate surface area is 70.6 Å². The van der Waals surface area contributed by atoms with Crippen LogP contribution in [0.25, 0.3) is 0 Å². The molecular formula is C8H13BrO. The molecule has 0 heterocycles. The highest BCUT2D eigenvalue weighted by molar-refractivity contribution is 9.11. The summed E-state index contributed by atoms with van der Waals surface area (Å²) in [5, 5.41) is 9.29. The van der Waals surface area contributed by atoms with Crippen LogP contribution in [0.4, 0.5) is 0 Å². The molecule has 0 fully saturated rings. The van der Waals surface area contributed by atoms with Crippen LogP contribution in [-0.4, -0.2) is 5.11 Å². The number of allylic oxidation sites excluding steroid dienone is 3. The Kier molecular flexibility index (Phi) is 4.45. The smallest absolute Gasteiger partial charge is 0.128 e. The van der Waals surface area contributed by atoms with Crippen LogP contribution >= 0.6 is 15.9 Å². The van der Waals surface area contributed by atoms with Gasteiger partial charge < -0.3 is 5.11 Å². The first kappa shape index (κ1) is 9.76. The summed E-state index contributed by atoms with van der Waals surface area (Å²) in [5.41, 5.74) is 0.927. The van der Waals surface area contributed by atoms with Crippen molar-refractivity contribution in [3.63, 3.8) is 0 Å². The lowest BCUT2D eigenvalue weighted by atomic mass is 10.2. The average molecular weight is 205 g/mol. The Hall–Kier alpha value is -0.240. The average Bonchev–Trinajstić information content (AvgIpc) is 1.87. The van der Waals surface area contributed by atoms with Gasteiger partial charge in [0.25, 0.3) is 0 Å². The van der Waals surface area contributed by atoms with Gasteiger partial charge in [-0.25, -0.2) is 0 Å². The van der Waals surface area contributed by atoms with E-state index in [1.165, 1.54) is 0 Å². The molecule has 2 heteroatoms. The summed E-state index contributed by atoms with van der Waals surface area (Å²) in [6, 6.07) is 0. The maximum Gasteiger partial charge on any atom is 0.128 e. The minimum absolute atomic E-state index is 0.349. The predicted octanol–water partition coefficient (Wildman–Crippen LogP) is 3.53. The molecule has 1 nitrogen and oxygen atoms in total. The Balaban J connectivity index is 4.36. The van der Waals surface area contributed by atoms with E-state index in [9.17, 15) is 5.11 Å². The maximum absolute atomic E-state index is 9.29. The van der Waals surface area contributed by atoms with E-state index in [0.717, 1.165) is 16.5 Å². The molecule has 0 amide bonds. The van der Waals surface area contributed by atoms with E-state index >= 15 is 0 Å².